The summed E-state index contributed by atoms with van der Waals surface area (Å²) in [7, 11) is 2.12. The zero-order valence-electron chi connectivity index (χ0n) is 19.9. The van der Waals surface area contributed by atoms with E-state index in [0.717, 1.165) is 19.5 Å². The van der Waals surface area contributed by atoms with Gasteiger partial charge >= 0.3 is 0 Å². The van der Waals surface area contributed by atoms with Gasteiger partial charge < -0.3 is 14.7 Å². The molecule has 0 radical (unpaired) electrons. The Morgan fingerprint density at radius 2 is 1.47 bits per heavy atom. The molecular formula is C29H34N3O2+. The van der Waals surface area contributed by atoms with Gasteiger partial charge in [-0.3, -0.25) is 9.59 Å². The van der Waals surface area contributed by atoms with E-state index < -0.39 is 0 Å². The largest absolute Gasteiger partial charge is 0.355 e. The number of nitrogens with one attached hydrogen (secondary N) is 1. The number of quaternary nitrogens is 1. The quantitative estimate of drug-likeness (QED) is 0.498. The molecule has 1 aliphatic rings. The fourth-order valence-corrected chi connectivity index (χ4v) is 4.80. The summed E-state index contributed by atoms with van der Waals surface area (Å²) in [6.45, 7) is 3.39. The highest BCUT2D eigenvalue weighted by molar-refractivity contribution is 5.85. The molecule has 1 unspecified atom stereocenters. The lowest BCUT2D eigenvalue weighted by atomic mass is 9.88. The van der Waals surface area contributed by atoms with Crippen molar-refractivity contribution in [1.82, 2.24) is 10.2 Å². The van der Waals surface area contributed by atoms with Crippen LogP contribution in [0.4, 0.5) is 0 Å². The molecule has 2 amide bonds. The van der Waals surface area contributed by atoms with Gasteiger partial charge in [0.25, 0.3) is 5.91 Å². The van der Waals surface area contributed by atoms with Crippen LogP contribution in [-0.4, -0.2) is 61.0 Å². The molecule has 1 aliphatic heterocycles. The lowest BCUT2D eigenvalue weighted by molar-refractivity contribution is -0.917. The zero-order valence-corrected chi connectivity index (χ0v) is 19.9. The predicted octanol–water partition coefficient (Wildman–Crippen LogP) is 3.81. The average Bonchev–Trinajstić information content (AvgIpc) is 2.85. The Balaban J connectivity index is 1.28. The monoisotopic (exact) mass is 456 g/mol. The summed E-state index contributed by atoms with van der Waals surface area (Å²) in [5.74, 6) is 0.175. The van der Waals surface area contributed by atoms with Crippen LogP contribution in [0.2, 0.25) is 0 Å². The molecular weight excluding hydrogens is 422 g/mol. The van der Waals surface area contributed by atoms with Crippen molar-refractivity contribution in [1.29, 1.82) is 0 Å². The zero-order chi connectivity index (χ0) is 23.8. The molecule has 0 aromatic heterocycles. The first kappa shape index (κ1) is 23.7. The average molecular weight is 457 g/mol. The van der Waals surface area contributed by atoms with E-state index in [0.29, 0.717) is 24.1 Å². The van der Waals surface area contributed by atoms with Crippen molar-refractivity contribution < 1.29 is 14.1 Å². The third-order valence-electron chi connectivity index (χ3n) is 6.68. The van der Waals surface area contributed by atoms with Crippen molar-refractivity contribution in [2.24, 2.45) is 0 Å². The molecule has 3 aromatic carbocycles. The molecule has 1 fully saturated rings. The Bertz CT molecular complexity index is 1030. The Morgan fingerprint density at radius 3 is 2.03 bits per heavy atom. The van der Waals surface area contributed by atoms with E-state index in [9.17, 15) is 9.59 Å². The van der Waals surface area contributed by atoms with Gasteiger partial charge in [-0.15, -0.1) is 0 Å². The van der Waals surface area contributed by atoms with Gasteiger partial charge in [-0.25, -0.2) is 0 Å². The summed E-state index contributed by atoms with van der Waals surface area (Å²) < 4.78 is 0.677. The van der Waals surface area contributed by atoms with Gasteiger partial charge in [-0.1, -0.05) is 91.0 Å². The van der Waals surface area contributed by atoms with Crippen LogP contribution in [0.15, 0.2) is 91.0 Å². The Kier molecular flexibility index (Phi) is 7.76. The molecule has 0 saturated carbocycles. The third kappa shape index (κ3) is 6.33. The summed E-state index contributed by atoms with van der Waals surface area (Å²) in [4.78, 5) is 27.2. The van der Waals surface area contributed by atoms with Gasteiger partial charge in [0.2, 0.25) is 5.91 Å². The van der Waals surface area contributed by atoms with Crippen molar-refractivity contribution in [3.8, 4) is 0 Å². The molecule has 0 aliphatic carbocycles. The predicted molar refractivity (Wildman–Crippen MR) is 135 cm³/mol. The second kappa shape index (κ2) is 11.1. The van der Waals surface area contributed by atoms with E-state index in [1.54, 1.807) is 4.90 Å². The number of likely N-dealkylation sites (N-methyl/N-ethyl adjacent to an activating group) is 1. The van der Waals surface area contributed by atoms with Crippen molar-refractivity contribution in [2.45, 2.75) is 18.9 Å². The highest BCUT2D eigenvalue weighted by Crippen LogP contribution is 2.27. The van der Waals surface area contributed by atoms with Crippen LogP contribution < -0.4 is 5.32 Å². The highest BCUT2D eigenvalue weighted by Gasteiger charge is 2.35. The van der Waals surface area contributed by atoms with Gasteiger partial charge in [-0.05, 0) is 17.5 Å². The standard InChI is InChI=1S/C29H33N3O2/c1-32(22-24-11-5-2-6-12-24)20-19-31(29(34)23-32)21-28(33)30-18-17-27(25-13-7-3-8-14-25)26-15-9-4-10-16-26/h2-16,27H,17-23H2,1H3/p+1. The molecule has 0 spiro atoms. The Morgan fingerprint density at radius 1 is 0.912 bits per heavy atom. The second-order valence-electron chi connectivity index (χ2n) is 9.47. The number of benzene rings is 3. The van der Waals surface area contributed by atoms with E-state index in [-0.39, 0.29) is 24.3 Å². The van der Waals surface area contributed by atoms with E-state index in [2.05, 4.69) is 73.0 Å². The van der Waals surface area contributed by atoms with Gasteiger partial charge in [-0.2, -0.15) is 0 Å². The van der Waals surface area contributed by atoms with Crippen LogP contribution in [-0.2, 0) is 16.1 Å². The molecule has 4 rings (SSSR count). The van der Waals surface area contributed by atoms with Gasteiger partial charge in [0.05, 0.1) is 26.7 Å². The number of amides is 2. The number of hydrogen-bond acceptors (Lipinski definition) is 2. The number of piperazine rings is 1. The van der Waals surface area contributed by atoms with Crippen LogP contribution in [0, 0.1) is 0 Å². The summed E-state index contributed by atoms with van der Waals surface area (Å²) in [6, 6.07) is 31.1. The number of carbonyl (C=O) groups excluding carboxylic acids is 2. The van der Waals surface area contributed by atoms with Gasteiger partial charge in [0.15, 0.2) is 6.54 Å². The minimum absolute atomic E-state index is 0.0475. The lowest BCUT2D eigenvalue weighted by Gasteiger charge is -2.41. The SMILES string of the molecule is C[N+]1(Cc2ccccc2)CCN(CC(=O)NCCC(c2ccccc2)c2ccccc2)C(=O)C1. The highest BCUT2D eigenvalue weighted by atomic mass is 16.2. The van der Waals surface area contributed by atoms with Crippen LogP contribution in [0.3, 0.4) is 0 Å². The van der Waals surface area contributed by atoms with E-state index in [4.69, 9.17) is 0 Å². The van der Waals surface area contributed by atoms with Crippen LogP contribution in [0.5, 0.6) is 0 Å². The Hall–Kier alpha value is -3.44. The number of carbonyl (C=O) groups is 2. The molecule has 5 nitrogen and oxygen atoms in total. The molecule has 5 heteroatoms. The molecule has 1 heterocycles. The van der Waals surface area contributed by atoms with Crippen LogP contribution in [0.25, 0.3) is 0 Å². The number of hydrogen-bond donors (Lipinski definition) is 1. The van der Waals surface area contributed by atoms with Gasteiger partial charge in [0, 0.05) is 18.0 Å². The summed E-state index contributed by atoms with van der Waals surface area (Å²) in [5, 5.41) is 3.04. The number of rotatable bonds is 9. The molecule has 0 bridgehead atoms. The first-order valence-corrected chi connectivity index (χ1v) is 12.0. The van der Waals surface area contributed by atoms with E-state index >= 15 is 0 Å². The topological polar surface area (TPSA) is 49.4 Å². The minimum atomic E-state index is -0.0904. The van der Waals surface area contributed by atoms with Gasteiger partial charge in [0.1, 0.15) is 6.54 Å². The van der Waals surface area contributed by atoms with Crippen LogP contribution in [0.1, 0.15) is 29.0 Å². The Labute approximate surface area is 202 Å². The molecule has 34 heavy (non-hydrogen) atoms. The minimum Gasteiger partial charge on any atom is -0.355 e. The summed E-state index contributed by atoms with van der Waals surface area (Å²) in [5.41, 5.74) is 3.71. The van der Waals surface area contributed by atoms with Crippen molar-refractivity contribution >= 4 is 11.8 Å². The fourth-order valence-electron chi connectivity index (χ4n) is 4.80. The maximum atomic E-state index is 12.8. The first-order chi connectivity index (χ1) is 16.5. The maximum Gasteiger partial charge on any atom is 0.278 e. The molecule has 3 aromatic rings. The smallest absolute Gasteiger partial charge is 0.278 e. The summed E-state index contributed by atoms with van der Waals surface area (Å²) >= 11 is 0. The third-order valence-corrected chi connectivity index (χ3v) is 6.68. The van der Waals surface area contributed by atoms with Crippen LogP contribution >= 0.6 is 0 Å². The molecule has 176 valence electrons. The summed E-state index contributed by atoms with van der Waals surface area (Å²) in [6.07, 6.45) is 0.805. The fraction of sp³-hybridized carbons (Fsp3) is 0.310. The van der Waals surface area contributed by atoms with E-state index in [1.165, 1.54) is 16.7 Å². The molecule has 1 atom stereocenters. The van der Waals surface area contributed by atoms with Crippen molar-refractivity contribution in [2.75, 3.05) is 39.8 Å². The molecule has 1 N–H and O–H groups in total. The molecule has 1 saturated heterocycles. The lowest BCUT2D eigenvalue weighted by Crippen LogP contribution is -2.60. The maximum absolute atomic E-state index is 12.8. The van der Waals surface area contributed by atoms with E-state index in [1.807, 2.05) is 30.3 Å². The van der Waals surface area contributed by atoms with Crippen molar-refractivity contribution in [3.05, 3.63) is 108 Å². The number of nitrogens with zero attached hydrogens (tertiary/aromatic N) is 2. The normalized spacial score (nSPS) is 18.2. The second-order valence-corrected chi connectivity index (χ2v) is 9.47. The van der Waals surface area contributed by atoms with Crippen molar-refractivity contribution in [3.63, 3.8) is 0 Å². The first-order valence-electron chi connectivity index (χ1n) is 12.0.